The molecule has 0 radical (unpaired) electrons. The van der Waals surface area contributed by atoms with Gasteiger partial charge >= 0.3 is 6.85 Å². The SMILES string of the molecule is CC(C)(C)c1ccc(N2B3c4cc5oc6ccccc6c5cc4-n4c5ccc(C(C)(C)C)cc5c5c6c(c(c3c54)-c3cc4oc5ccccc5c4cc32)-c2ccccc2C6(C)C)cc1. The Hall–Kier alpha value is -6.98. The second kappa shape index (κ2) is 11.8. The number of hydrogen-bond donors (Lipinski definition) is 0. The molecule has 0 N–H and O–H groups in total. The molecule has 5 heteroatoms. The van der Waals surface area contributed by atoms with Gasteiger partial charge in [0.25, 0.3) is 0 Å². The third-order valence-electron chi connectivity index (χ3n) is 15.2. The van der Waals surface area contributed by atoms with Crippen LogP contribution in [0.25, 0.3) is 93.6 Å². The van der Waals surface area contributed by atoms with Gasteiger partial charge in [0.2, 0.25) is 0 Å². The Bertz CT molecular complexity index is 3900. The zero-order valence-corrected chi connectivity index (χ0v) is 37.6. The van der Waals surface area contributed by atoms with Crippen molar-refractivity contribution >= 4 is 94.8 Å². The second-order valence-corrected chi connectivity index (χ2v) is 21.3. The van der Waals surface area contributed by atoms with Gasteiger partial charge < -0.3 is 18.2 Å². The van der Waals surface area contributed by atoms with Crippen LogP contribution in [0.2, 0.25) is 0 Å². The zero-order chi connectivity index (χ0) is 43.3. The first kappa shape index (κ1) is 36.5. The number of rotatable bonds is 1. The van der Waals surface area contributed by atoms with E-state index in [0.717, 1.165) is 49.6 Å². The standard InChI is InChI=1S/C59H47BN2O2/c1-57(2,3)32-21-24-34(25-22-32)62-45-28-38-35-15-10-13-19-47(35)63-49(38)30-41(45)52-51-37-17-9-12-18-42(37)59(7,8)54(51)53-40-27-33(58(4,5)6)23-26-44(40)61-46-29-39-36-16-11-14-20-48(36)64-50(39)31-43(46)60(62)55(52)56(53)61/h9-31H,1-8H3. The van der Waals surface area contributed by atoms with E-state index in [0.29, 0.717) is 0 Å². The lowest BCUT2D eigenvalue weighted by Crippen LogP contribution is -2.60. The maximum absolute atomic E-state index is 6.81. The van der Waals surface area contributed by atoms with Crippen molar-refractivity contribution in [3.05, 3.63) is 162 Å². The fourth-order valence-electron chi connectivity index (χ4n) is 12.2. The van der Waals surface area contributed by atoms with Crippen LogP contribution >= 0.6 is 0 Å². The molecule has 0 spiro atoms. The maximum Gasteiger partial charge on any atom is 0.333 e. The van der Waals surface area contributed by atoms with E-state index in [2.05, 4.69) is 204 Å². The van der Waals surface area contributed by atoms with Gasteiger partial charge in [-0.25, -0.2) is 0 Å². The summed E-state index contributed by atoms with van der Waals surface area (Å²) >= 11 is 0. The summed E-state index contributed by atoms with van der Waals surface area (Å²) in [4.78, 5) is 2.65. The molecule has 0 saturated heterocycles. The minimum atomic E-state index is -0.276. The summed E-state index contributed by atoms with van der Waals surface area (Å²) < 4.78 is 16.2. The minimum Gasteiger partial charge on any atom is -0.456 e. The Labute approximate surface area is 372 Å². The molecular formula is C59H47BN2O2. The molecule has 2 aliphatic heterocycles. The molecule has 0 atom stereocenters. The number of fused-ring (bicyclic) bond motifs is 19. The lowest BCUT2D eigenvalue weighted by atomic mass is 9.43. The molecule has 4 nitrogen and oxygen atoms in total. The van der Waals surface area contributed by atoms with E-state index in [4.69, 9.17) is 8.83 Å². The summed E-state index contributed by atoms with van der Waals surface area (Å²) in [6.07, 6.45) is 0. The van der Waals surface area contributed by atoms with Crippen LogP contribution in [-0.2, 0) is 16.2 Å². The molecule has 0 unspecified atom stereocenters. The third-order valence-corrected chi connectivity index (χ3v) is 15.2. The smallest absolute Gasteiger partial charge is 0.333 e. The van der Waals surface area contributed by atoms with Crippen molar-refractivity contribution in [3.8, 4) is 27.9 Å². The van der Waals surface area contributed by atoms with E-state index in [1.807, 2.05) is 0 Å². The zero-order valence-electron chi connectivity index (χ0n) is 37.6. The summed E-state index contributed by atoms with van der Waals surface area (Å²) in [6, 6.07) is 52.5. The molecule has 0 bridgehead atoms. The van der Waals surface area contributed by atoms with E-state index in [1.165, 1.54) is 88.6 Å². The Morgan fingerprint density at radius 2 is 1.12 bits per heavy atom. The highest BCUT2D eigenvalue weighted by Crippen LogP contribution is 2.59. The van der Waals surface area contributed by atoms with Crippen LogP contribution in [-0.4, -0.2) is 11.4 Å². The molecule has 0 fully saturated rings. The molecule has 11 aromatic rings. The fourth-order valence-corrected chi connectivity index (χ4v) is 12.2. The predicted molar refractivity (Wildman–Crippen MR) is 269 cm³/mol. The first-order valence-electron chi connectivity index (χ1n) is 22.9. The average molecular weight is 827 g/mol. The van der Waals surface area contributed by atoms with Crippen molar-refractivity contribution < 1.29 is 8.83 Å². The van der Waals surface area contributed by atoms with Crippen molar-refractivity contribution in [2.75, 3.05) is 4.81 Å². The highest BCUT2D eigenvalue weighted by atomic mass is 16.3. The van der Waals surface area contributed by atoms with E-state index < -0.39 is 0 Å². The van der Waals surface area contributed by atoms with Gasteiger partial charge in [0.1, 0.15) is 22.3 Å². The van der Waals surface area contributed by atoms with Crippen LogP contribution in [0.4, 0.5) is 11.4 Å². The van der Waals surface area contributed by atoms with Crippen molar-refractivity contribution in [1.29, 1.82) is 0 Å². The topological polar surface area (TPSA) is 34.5 Å². The van der Waals surface area contributed by atoms with Gasteiger partial charge in [-0.15, -0.1) is 0 Å². The summed E-state index contributed by atoms with van der Waals surface area (Å²) in [7, 11) is 0. The van der Waals surface area contributed by atoms with E-state index in [1.54, 1.807) is 0 Å². The van der Waals surface area contributed by atoms with E-state index in [-0.39, 0.29) is 23.1 Å². The van der Waals surface area contributed by atoms with Crippen LogP contribution in [0, 0.1) is 0 Å². The van der Waals surface area contributed by atoms with Gasteiger partial charge in [-0.3, -0.25) is 0 Å². The van der Waals surface area contributed by atoms with Crippen LogP contribution in [0.5, 0.6) is 0 Å². The number of hydrogen-bond acceptors (Lipinski definition) is 3. The summed E-state index contributed by atoms with van der Waals surface area (Å²) in [5, 5.41) is 7.20. The number of nitrogens with zero attached hydrogens (tertiary/aromatic N) is 2. The molecule has 1 aliphatic carbocycles. The number of anilines is 2. The Morgan fingerprint density at radius 1 is 0.516 bits per heavy atom. The Kier molecular flexibility index (Phi) is 6.72. The molecule has 64 heavy (non-hydrogen) atoms. The Balaban J connectivity index is 1.24. The summed E-state index contributed by atoms with van der Waals surface area (Å²) in [5.41, 5.74) is 22.6. The predicted octanol–water partition coefficient (Wildman–Crippen LogP) is 14.7. The monoisotopic (exact) mass is 826 g/mol. The number of furan rings is 2. The molecular weight excluding hydrogens is 779 g/mol. The maximum atomic E-state index is 6.81. The number of para-hydroxylation sites is 2. The first-order valence-corrected chi connectivity index (χ1v) is 22.9. The second-order valence-electron chi connectivity index (χ2n) is 21.3. The first-order chi connectivity index (χ1) is 30.8. The summed E-state index contributed by atoms with van der Waals surface area (Å²) in [5.74, 6) is 0. The highest BCUT2D eigenvalue weighted by Gasteiger charge is 2.50. The number of aromatic nitrogens is 1. The van der Waals surface area contributed by atoms with Crippen LogP contribution < -0.4 is 15.7 Å². The van der Waals surface area contributed by atoms with Gasteiger partial charge in [0, 0.05) is 60.4 Å². The normalized spacial score (nSPS) is 14.9. The third kappa shape index (κ3) is 4.49. The van der Waals surface area contributed by atoms with E-state index >= 15 is 0 Å². The van der Waals surface area contributed by atoms with Crippen LogP contribution in [0.15, 0.2) is 148 Å². The molecule has 8 aromatic carbocycles. The minimum absolute atomic E-state index is 0.0108. The van der Waals surface area contributed by atoms with E-state index in [9.17, 15) is 0 Å². The molecule has 3 aliphatic rings. The lowest BCUT2D eigenvalue weighted by molar-refractivity contribution is 0.590. The largest absolute Gasteiger partial charge is 0.456 e. The molecule has 3 aromatic heterocycles. The van der Waals surface area contributed by atoms with Gasteiger partial charge in [-0.1, -0.05) is 134 Å². The molecule has 0 saturated carbocycles. The van der Waals surface area contributed by atoms with Crippen molar-refractivity contribution in [2.24, 2.45) is 0 Å². The fraction of sp³-hybridized carbons (Fsp3) is 0.186. The van der Waals surface area contributed by atoms with Gasteiger partial charge in [0.05, 0.1) is 11.0 Å². The van der Waals surface area contributed by atoms with Crippen LogP contribution in [0.1, 0.15) is 77.6 Å². The van der Waals surface area contributed by atoms with Crippen LogP contribution in [0.3, 0.4) is 0 Å². The molecule has 0 amide bonds. The quantitative estimate of drug-likeness (QED) is 0.155. The average Bonchev–Trinajstić information content (AvgIpc) is 4.00. The van der Waals surface area contributed by atoms with Crippen molar-refractivity contribution in [3.63, 3.8) is 0 Å². The lowest BCUT2D eigenvalue weighted by Gasteiger charge is -2.43. The molecule has 308 valence electrons. The van der Waals surface area contributed by atoms with Gasteiger partial charge in [0.15, 0.2) is 0 Å². The van der Waals surface area contributed by atoms with Gasteiger partial charge in [-0.05, 0) is 121 Å². The van der Waals surface area contributed by atoms with Crippen molar-refractivity contribution in [1.82, 2.24) is 4.57 Å². The van der Waals surface area contributed by atoms with Crippen molar-refractivity contribution in [2.45, 2.75) is 71.6 Å². The number of benzene rings is 8. The molecule has 14 rings (SSSR count). The summed E-state index contributed by atoms with van der Waals surface area (Å²) in [6.45, 7) is 18.6. The molecule has 5 heterocycles. The Morgan fingerprint density at radius 3 is 1.81 bits per heavy atom. The van der Waals surface area contributed by atoms with Gasteiger partial charge in [-0.2, -0.15) is 0 Å². The highest BCUT2D eigenvalue weighted by molar-refractivity contribution is 6.94.